The van der Waals surface area contributed by atoms with Crippen LogP contribution in [0.1, 0.15) is 39.0 Å². The molecule has 0 spiro atoms. The molecule has 0 saturated heterocycles. The van der Waals surface area contributed by atoms with Gasteiger partial charge in [-0.05, 0) is 25.0 Å². The largest absolute Gasteiger partial charge is 0.371 e. The second-order valence-corrected chi connectivity index (χ2v) is 4.54. The smallest absolute Gasteiger partial charge is 0.0366 e. The van der Waals surface area contributed by atoms with Crippen molar-refractivity contribution in [2.75, 3.05) is 18.5 Å². The van der Waals surface area contributed by atoms with Crippen molar-refractivity contribution in [3.05, 3.63) is 42.5 Å². The highest BCUT2D eigenvalue weighted by Gasteiger charge is 1.95. The van der Waals surface area contributed by atoms with E-state index in [1.165, 1.54) is 37.8 Å². The van der Waals surface area contributed by atoms with Crippen molar-refractivity contribution >= 4 is 5.69 Å². The Morgan fingerprint density at radius 3 is 2.47 bits per heavy atom. The first-order valence-corrected chi connectivity index (χ1v) is 6.75. The van der Waals surface area contributed by atoms with Crippen molar-refractivity contribution in [3.8, 4) is 0 Å². The third-order valence-corrected chi connectivity index (χ3v) is 2.97. The lowest BCUT2D eigenvalue weighted by atomic mass is 10.1. The van der Waals surface area contributed by atoms with Crippen LogP contribution in [0.3, 0.4) is 0 Å². The van der Waals surface area contributed by atoms with Crippen LogP contribution in [-0.4, -0.2) is 13.6 Å². The summed E-state index contributed by atoms with van der Waals surface area (Å²) >= 11 is 0. The lowest BCUT2D eigenvalue weighted by molar-refractivity contribution is 0.674. The monoisotopic (exact) mass is 231 g/mol. The van der Waals surface area contributed by atoms with Gasteiger partial charge >= 0.3 is 0 Å². The number of rotatable bonds is 8. The molecule has 1 rings (SSSR count). The first kappa shape index (κ1) is 13.8. The van der Waals surface area contributed by atoms with E-state index >= 15 is 0 Å². The number of anilines is 1. The summed E-state index contributed by atoms with van der Waals surface area (Å²) in [5.41, 5.74) is 1.28. The van der Waals surface area contributed by atoms with Gasteiger partial charge in [-0.25, -0.2) is 0 Å². The van der Waals surface area contributed by atoms with Gasteiger partial charge in [0, 0.05) is 19.3 Å². The van der Waals surface area contributed by atoms with Crippen molar-refractivity contribution in [1.82, 2.24) is 0 Å². The van der Waals surface area contributed by atoms with Crippen LogP contribution < -0.4 is 4.90 Å². The van der Waals surface area contributed by atoms with Crippen LogP contribution in [0.5, 0.6) is 0 Å². The molecule has 0 aromatic heterocycles. The van der Waals surface area contributed by atoms with E-state index in [2.05, 4.69) is 61.4 Å². The molecule has 1 heteroatoms. The summed E-state index contributed by atoms with van der Waals surface area (Å²) in [5, 5.41) is 0. The van der Waals surface area contributed by atoms with E-state index in [1.54, 1.807) is 0 Å². The van der Waals surface area contributed by atoms with E-state index in [9.17, 15) is 0 Å². The molecule has 0 aliphatic rings. The lowest BCUT2D eigenvalue weighted by Gasteiger charge is -2.16. The Bertz CT molecular complexity index is 303. The van der Waals surface area contributed by atoms with Crippen molar-refractivity contribution < 1.29 is 0 Å². The molecule has 0 radical (unpaired) electrons. The highest BCUT2D eigenvalue weighted by atomic mass is 15.1. The molecule has 1 aromatic carbocycles. The summed E-state index contributed by atoms with van der Waals surface area (Å²) in [4.78, 5) is 2.27. The van der Waals surface area contributed by atoms with Crippen LogP contribution >= 0.6 is 0 Å². The van der Waals surface area contributed by atoms with Gasteiger partial charge in [-0.1, -0.05) is 56.5 Å². The lowest BCUT2D eigenvalue weighted by Crippen LogP contribution is -2.16. The number of benzene rings is 1. The zero-order valence-corrected chi connectivity index (χ0v) is 11.2. The molecule has 0 fully saturated rings. The molecule has 1 aromatic rings. The third kappa shape index (κ3) is 6.15. The van der Waals surface area contributed by atoms with Gasteiger partial charge in [0.05, 0.1) is 0 Å². The maximum absolute atomic E-state index is 2.31. The molecule has 0 bridgehead atoms. The molecule has 0 saturated carbocycles. The summed E-state index contributed by atoms with van der Waals surface area (Å²) in [6.07, 6.45) is 11.2. The Morgan fingerprint density at radius 1 is 1.00 bits per heavy atom. The third-order valence-electron chi connectivity index (χ3n) is 2.97. The van der Waals surface area contributed by atoms with Gasteiger partial charge in [-0.15, -0.1) is 0 Å². The van der Waals surface area contributed by atoms with E-state index in [1.807, 2.05) is 0 Å². The van der Waals surface area contributed by atoms with Crippen LogP contribution in [0, 0.1) is 0 Å². The van der Waals surface area contributed by atoms with Gasteiger partial charge < -0.3 is 4.90 Å². The van der Waals surface area contributed by atoms with Crippen molar-refractivity contribution in [2.45, 2.75) is 39.0 Å². The highest BCUT2D eigenvalue weighted by Crippen LogP contribution is 2.10. The van der Waals surface area contributed by atoms with E-state index in [0.29, 0.717) is 0 Å². The Morgan fingerprint density at radius 2 is 1.76 bits per heavy atom. The molecule has 0 amide bonds. The average molecular weight is 231 g/mol. The van der Waals surface area contributed by atoms with Crippen LogP contribution in [0.15, 0.2) is 42.5 Å². The molecule has 0 atom stereocenters. The first-order chi connectivity index (χ1) is 8.34. The number of para-hydroxylation sites is 1. The minimum absolute atomic E-state index is 0.998. The zero-order valence-electron chi connectivity index (χ0n) is 11.2. The van der Waals surface area contributed by atoms with Gasteiger partial charge in [-0.3, -0.25) is 0 Å². The molecule has 0 aliphatic heterocycles. The molecule has 0 unspecified atom stereocenters. The Kier molecular flexibility index (Phi) is 7.20. The number of allylic oxidation sites excluding steroid dienone is 1. The number of hydrogen-bond donors (Lipinski definition) is 0. The van der Waals surface area contributed by atoms with E-state index in [4.69, 9.17) is 0 Å². The molecular weight excluding hydrogens is 206 g/mol. The summed E-state index contributed by atoms with van der Waals surface area (Å²) in [6, 6.07) is 10.5. The van der Waals surface area contributed by atoms with Gasteiger partial charge in [0.2, 0.25) is 0 Å². The number of likely N-dealkylation sites (N-methyl/N-ethyl adjacent to an activating group) is 1. The Balaban J connectivity index is 2.15. The second-order valence-electron chi connectivity index (χ2n) is 4.54. The zero-order chi connectivity index (χ0) is 12.3. The van der Waals surface area contributed by atoms with Gasteiger partial charge in [0.25, 0.3) is 0 Å². The highest BCUT2D eigenvalue weighted by molar-refractivity contribution is 5.45. The fraction of sp³-hybridized carbons (Fsp3) is 0.500. The van der Waals surface area contributed by atoms with Crippen LogP contribution in [0.25, 0.3) is 0 Å². The molecular formula is C16H25N. The first-order valence-electron chi connectivity index (χ1n) is 6.75. The normalized spacial score (nSPS) is 10.9. The Hall–Kier alpha value is -1.24. The molecule has 0 aliphatic carbocycles. The van der Waals surface area contributed by atoms with E-state index in [-0.39, 0.29) is 0 Å². The second kappa shape index (κ2) is 8.86. The Labute approximate surface area is 106 Å². The molecule has 94 valence electrons. The van der Waals surface area contributed by atoms with Gasteiger partial charge in [0.15, 0.2) is 0 Å². The molecule has 0 N–H and O–H groups in total. The topological polar surface area (TPSA) is 3.24 Å². The predicted molar refractivity (Wildman–Crippen MR) is 77.6 cm³/mol. The summed E-state index contributed by atoms with van der Waals surface area (Å²) in [5.74, 6) is 0. The van der Waals surface area contributed by atoms with Gasteiger partial charge in [0.1, 0.15) is 0 Å². The predicted octanol–water partition coefficient (Wildman–Crippen LogP) is 4.65. The van der Waals surface area contributed by atoms with Gasteiger partial charge in [-0.2, -0.15) is 0 Å². The number of unbranched alkanes of at least 4 members (excludes halogenated alkanes) is 4. The molecule has 17 heavy (non-hydrogen) atoms. The average Bonchev–Trinajstić information content (AvgIpc) is 2.38. The summed E-state index contributed by atoms with van der Waals surface area (Å²) in [7, 11) is 2.14. The van der Waals surface area contributed by atoms with E-state index < -0.39 is 0 Å². The standard InChI is InChI=1S/C16H25N/c1-3-4-5-6-7-8-12-15-17(2)16-13-10-9-11-14-16/h8-14H,3-7,15H2,1-2H3/b12-8+. The maximum atomic E-state index is 2.31. The number of nitrogens with zero attached hydrogens (tertiary/aromatic N) is 1. The molecule has 1 nitrogen and oxygen atoms in total. The van der Waals surface area contributed by atoms with Crippen molar-refractivity contribution in [3.63, 3.8) is 0 Å². The summed E-state index contributed by atoms with van der Waals surface area (Å²) < 4.78 is 0. The van der Waals surface area contributed by atoms with Crippen molar-refractivity contribution in [1.29, 1.82) is 0 Å². The fourth-order valence-electron chi connectivity index (χ4n) is 1.83. The quantitative estimate of drug-likeness (QED) is 0.465. The fourth-order valence-corrected chi connectivity index (χ4v) is 1.83. The SMILES string of the molecule is CCCCCC/C=C/CN(C)c1ccccc1. The van der Waals surface area contributed by atoms with Crippen LogP contribution in [0.2, 0.25) is 0 Å². The minimum Gasteiger partial charge on any atom is -0.371 e. The van der Waals surface area contributed by atoms with Crippen LogP contribution in [0.4, 0.5) is 5.69 Å². The minimum atomic E-state index is 0.998. The maximum Gasteiger partial charge on any atom is 0.0366 e. The van der Waals surface area contributed by atoms with Crippen molar-refractivity contribution in [2.24, 2.45) is 0 Å². The number of hydrogen-bond acceptors (Lipinski definition) is 1. The van der Waals surface area contributed by atoms with E-state index in [0.717, 1.165) is 6.54 Å². The van der Waals surface area contributed by atoms with Crippen LogP contribution in [-0.2, 0) is 0 Å². The summed E-state index contributed by atoms with van der Waals surface area (Å²) in [6.45, 7) is 3.25. The molecule has 0 heterocycles.